The number of aromatic nitrogens is 2. The number of hydrogen-bond acceptors (Lipinski definition) is 2. The highest BCUT2D eigenvalue weighted by Gasteiger charge is 2.20. The molecule has 0 N–H and O–H groups in total. The van der Waals surface area contributed by atoms with Crippen LogP contribution in [0, 0.1) is 0 Å². The lowest BCUT2D eigenvalue weighted by molar-refractivity contribution is 0.896. The molecule has 0 bridgehead atoms. The van der Waals surface area contributed by atoms with Gasteiger partial charge in [0.05, 0.1) is 16.9 Å². The van der Waals surface area contributed by atoms with Gasteiger partial charge in [0.25, 0.3) is 0 Å². The first kappa shape index (κ1) is 10.3. The number of aryl methyl sites for hydroxylation is 1. The largest absolute Gasteiger partial charge is 0.349 e. The molecular weight excluding hydrogens is 240 g/mol. The molecule has 4 rings (SSSR count). The van der Waals surface area contributed by atoms with E-state index in [1.165, 1.54) is 10.5 Å². The van der Waals surface area contributed by atoms with Gasteiger partial charge in [0, 0.05) is 30.1 Å². The van der Waals surface area contributed by atoms with Crippen molar-refractivity contribution >= 4 is 16.3 Å². The maximum Gasteiger partial charge on any atom is 0.303 e. The van der Waals surface area contributed by atoms with Crippen LogP contribution in [0.25, 0.3) is 27.7 Å². The number of nitrogens with zero attached hydrogens (tertiary/aromatic N) is 2. The molecule has 3 heterocycles. The zero-order valence-corrected chi connectivity index (χ0v) is 10.3. The summed E-state index contributed by atoms with van der Waals surface area (Å²) in [6.07, 6.45) is 1.91. The van der Waals surface area contributed by atoms with Crippen molar-refractivity contribution < 1.29 is 0 Å². The molecule has 92 valence electrons. The van der Waals surface area contributed by atoms with Gasteiger partial charge in [0.15, 0.2) is 0 Å². The first-order chi connectivity index (χ1) is 9.18. The summed E-state index contributed by atoms with van der Waals surface area (Å²) in [7, 11) is 1.87. The molecule has 1 aromatic heterocycles. The predicted molar refractivity (Wildman–Crippen MR) is 74.2 cm³/mol. The Morgan fingerprint density at radius 2 is 1.79 bits per heavy atom. The molecule has 0 saturated carbocycles. The van der Waals surface area contributed by atoms with Crippen molar-refractivity contribution in [3.63, 3.8) is 0 Å². The van der Waals surface area contributed by atoms with Crippen LogP contribution in [0.1, 0.15) is 0 Å². The highest BCUT2D eigenvalue weighted by atomic mass is 16.2. The van der Waals surface area contributed by atoms with Crippen LogP contribution in [-0.2, 0) is 7.05 Å². The van der Waals surface area contributed by atoms with E-state index in [-0.39, 0.29) is 0 Å². The van der Waals surface area contributed by atoms with Crippen molar-refractivity contribution in [1.29, 1.82) is 0 Å². The number of pyridine rings is 2. The maximum atomic E-state index is 12.2. The topological polar surface area (TPSA) is 43.5 Å². The molecule has 0 radical (unpaired) electrons. The Morgan fingerprint density at radius 1 is 1.00 bits per heavy atom. The van der Waals surface area contributed by atoms with Crippen molar-refractivity contribution in [1.82, 2.24) is 8.97 Å². The summed E-state index contributed by atoms with van der Waals surface area (Å²) in [6.45, 7) is 0. The molecule has 2 aromatic rings. The van der Waals surface area contributed by atoms with Crippen molar-refractivity contribution in [2.24, 2.45) is 7.05 Å². The van der Waals surface area contributed by atoms with E-state index < -0.39 is 11.0 Å². The van der Waals surface area contributed by atoms with Crippen LogP contribution < -0.4 is 11.0 Å². The van der Waals surface area contributed by atoms with Crippen molar-refractivity contribution in [3.05, 3.63) is 63.2 Å². The van der Waals surface area contributed by atoms with E-state index in [4.69, 9.17) is 0 Å². The molecule has 1 aromatic carbocycles. The van der Waals surface area contributed by atoms with Gasteiger partial charge in [-0.25, -0.2) is 0 Å². The Balaban J connectivity index is 2.52. The monoisotopic (exact) mass is 250 g/mol. The lowest BCUT2D eigenvalue weighted by Crippen LogP contribution is -2.31. The summed E-state index contributed by atoms with van der Waals surface area (Å²) < 4.78 is 3.39. The molecule has 0 atom stereocenters. The van der Waals surface area contributed by atoms with Crippen LogP contribution in [0.3, 0.4) is 0 Å². The van der Waals surface area contributed by atoms with Crippen LogP contribution in [0.4, 0.5) is 0 Å². The molecule has 2 aliphatic rings. The average Bonchev–Trinajstić information content (AvgIpc) is 2.75. The summed E-state index contributed by atoms with van der Waals surface area (Å²) in [4.78, 5) is 24.0. The van der Waals surface area contributed by atoms with E-state index in [0.717, 1.165) is 27.7 Å². The van der Waals surface area contributed by atoms with Gasteiger partial charge in [-0.15, -0.1) is 0 Å². The molecular formula is C15H10N2O2. The van der Waals surface area contributed by atoms with Crippen molar-refractivity contribution in [3.8, 4) is 11.4 Å². The lowest BCUT2D eigenvalue weighted by Gasteiger charge is -2.11. The Labute approximate surface area is 107 Å². The predicted octanol–water partition coefficient (Wildman–Crippen LogP) is 1.69. The molecule has 0 aliphatic carbocycles. The van der Waals surface area contributed by atoms with Crippen LogP contribution >= 0.6 is 0 Å². The standard InChI is InChI=1S/C15H10N2O2/c1-16-7-6-10-9-4-2-3-5-11(9)17-14(10)12(16)8-13(18)15(17)19/h2-8H,1H3. The number of rotatable bonds is 0. The smallest absolute Gasteiger partial charge is 0.303 e. The molecule has 19 heavy (non-hydrogen) atoms. The summed E-state index contributed by atoms with van der Waals surface area (Å²) in [5, 5.41) is 2.00. The lowest BCUT2D eigenvalue weighted by atomic mass is 10.1. The van der Waals surface area contributed by atoms with Gasteiger partial charge in [0.2, 0.25) is 5.43 Å². The third kappa shape index (κ3) is 1.13. The van der Waals surface area contributed by atoms with Gasteiger partial charge in [-0.05, 0) is 12.1 Å². The summed E-state index contributed by atoms with van der Waals surface area (Å²) in [6, 6.07) is 11.1. The highest BCUT2D eigenvalue weighted by molar-refractivity contribution is 6.06. The van der Waals surface area contributed by atoms with Crippen LogP contribution in [-0.4, -0.2) is 8.97 Å². The molecule has 4 nitrogen and oxygen atoms in total. The maximum absolute atomic E-state index is 12.2. The first-order valence-corrected chi connectivity index (χ1v) is 6.03. The fourth-order valence-electron chi connectivity index (χ4n) is 2.80. The van der Waals surface area contributed by atoms with Crippen LogP contribution in [0.5, 0.6) is 0 Å². The van der Waals surface area contributed by atoms with E-state index >= 15 is 0 Å². The first-order valence-electron chi connectivity index (χ1n) is 6.03. The van der Waals surface area contributed by atoms with Gasteiger partial charge in [-0.3, -0.25) is 14.0 Å². The van der Waals surface area contributed by atoms with Gasteiger partial charge in [0.1, 0.15) is 0 Å². The second-order valence-corrected chi connectivity index (χ2v) is 4.74. The molecule has 0 fully saturated rings. The minimum absolute atomic E-state index is 0.475. The summed E-state index contributed by atoms with van der Waals surface area (Å²) in [5.41, 5.74) is 1.42. The third-order valence-electron chi connectivity index (χ3n) is 3.68. The van der Waals surface area contributed by atoms with E-state index in [2.05, 4.69) is 0 Å². The highest BCUT2D eigenvalue weighted by Crippen LogP contribution is 2.33. The zero-order valence-electron chi connectivity index (χ0n) is 10.3. The normalized spacial score (nSPS) is 11.8. The molecule has 0 unspecified atom stereocenters. The van der Waals surface area contributed by atoms with Gasteiger partial charge >= 0.3 is 5.56 Å². The molecule has 0 spiro atoms. The molecule has 0 amide bonds. The fourth-order valence-corrected chi connectivity index (χ4v) is 2.80. The van der Waals surface area contributed by atoms with E-state index in [1.807, 2.05) is 48.1 Å². The molecule has 0 saturated heterocycles. The van der Waals surface area contributed by atoms with E-state index in [0.29, 0.717) is 0 Å². The number of fused-ring (bicyclic) bond motifs is 3. The second kappa shape index (κ2) is 3.23. The SMILES string of the molecule is Cn1ccc2c3n(c(=O)c(=O)cc1-3)c1ccccc21. The summed E-state index contributed by atoms with van der Waals surface area (Å²) >= 11 is 0. The van der Waals surface area contributed by atoms with Crippen molar-refractivity contribution in [2.75, 3.05) is 0 Å². The van der Waals surface area contributed by atoms with E-state index in [9.17, 15) is 9.59 Å². The minimum atomic E-state index is -0.482. The number of para-hydroxylation sites is 1. The van der Waals surface area contributed by atoms with Crippen LogP contribution in [0.15, 0.2) is 52.2 Å². The van der Waals surface area contributed by atoms with Gasteiger partial charge in [-0.2, -0.15) is 0 Å². The Kier molecular flexibility index (Phi) is 1.75. The Hall–Kier alpha value is -2.62. The van der Waals surface area contributed by atoms with Gasteiger partial charge < -0.3 is 4.57 Å². The average molecular weight is 250 g/mol. The Bertz CT molecular complexity index is 1010. The van der Waals surface area contributed by atoms with E-state index in [1.54, 1.807) is 0 Å². The number of benzene rings is 1. The van der Waals surface area contributed by atoms with Crippen LogP contribution in [0.2, 0.25) is 0 Å². The third-order valence-corrected chi connectivity index (χ3v) is 3.68. The quantitative estimate of drug-likeness (QED) is 0.446. The van der Waals surface area contributed by atoms with Crippen molar-refractivity contribution in [2.45, 2.75) is 0 Å². The second-order valence-electron chi connectivity index (χ2n) is 4.74. The summed E-state index contributed by atoms with van der Waals surface area (Å²) in [5.74, 6) is 0. The molecule has 2 aliphatic heterocycles. The van der Waals surface area contributed by atoms with Gasteiger partial charge in [-0.1, -0.05) is 18.2 Å². The minimum Gasteiger partial charge on any atom is -0.349 e. The fraction of sp³-hybridized carbons (Fsp3) is 0.0667. The Morgan fingerprint density at radius 3 is 2.63 bits per heavy atom. The number of hydrogen-bond donors (Lipinski definition) is 0. The molecule has 4 heteroatoms. The zero-order chi connectivity index (χ0) is 13.1.